The molecule has 1 aliphatic rings. The number of benzene rings is 3. The van der Waals surface area contributed by atoms with Crippen LogP contribution in [0.1, 0.15) is 10.4 Å². The van der Waals surface area contributed by atoms with Gasteiger partial charge in [0, 0.05) is 20.1 Å². The molecule has 0 aliphatic carbocycles. The average molecular weight is 605 g/mol. The van der Waals surface area contributed by atoms with Gasteiger partial charge in [0.25, 0.3) is 5.91 Å². The minimum atomic E-state index is -0.348. The van der Waals surface area contributed by atoms with Crippen LogP contribution in [0, 0.1) is 0 Å². The third-order valence-corrected chi connectivity index (χ3v) is 7.21. The molecule has 2 N–H and O–H groups in total. The van der Waals surface area contributed by atoms with Crippen molar-refractivity contribution in [3.63, 3.8) is 0 Å². The van der Waals surface area contributed by atoms with Crippen LogP contribution in [-0.2, 0) is 0 Å². The zero-order valence-electron chi connectivity index (χ0n) is 16.9. The number of aromatic nitrogens is 1. The largest absolute Gasteiger partial charge is 0.486 e. The van der Waals surface area contributed by atoms with Crippen LogP contribution in [0.2, 0.25) is 0 Å². The van der Waals surface area contributed by atoms with Crippen molar-refractivity contribution in [3.05, 3.63) is 69.1 Å². The number of nitrogens with zero attached hydrogens (tertiary/aromatic N) is 1. The number of carbonyl (C=O) groups excluding carboxylic acids is 1. The Kier molecular flexibility index (Phi) is 6.33. The number of thiazole rings is 1. The lowest BCUT2D eigenvalue weighted by Crippen LogP contribution is -2.34. The Morgan fingerprint density at radius 1 is 1.03 bits per heavy atom. The number of hydrogen-bond donors (Lipinski definition) is 2. The predicted molar refractivity (Wildman–Crippen MR) is 142 cm³/mol. The van der Waals surface area contributed by atoms with E-state index in [9.17, 15) is 4.79 Å². The number of amides is 1. The van der Waals surface area contributed by atoms with Crippen molar-refractivity contribution in [2.45, 2.75) is 0 Å². The van der Waals surface area contributed by atoms with Gasteiger partial charge in [-0.2, -0.15) is 0 Å². The second-order valence-corrected chi connectivity index (χ2v) is 10.3. The molecular weight excluding hydrogens is 590 g/mol. The molecule has 1 aromatic heterocycles. The zero-order chi connectivity index (χ0) is 22.9. The van der Waals surface area contributed by atoms with Crippen LogP contribution in [0.15, 0.2) is 63.5 Å². The fourth-order valence-electron chi connectivity index (χ4n) is 3.36. The van der Waals surface area contributed by atoms with Gasteiger partial charge in [-0.3, -0.25) is 10.1 Å². The van der Waals surface area contributed by atoms with Crippen LogP contribution in [0.5, 0.6) is 11.5 Å². The monoisotopic (exact) mass is 603 g/mol. The van der Waals surface area contributed by atoms with Crippen LogP contribution >= 0.6 is 55.4 Å². The van der Waals surface area contributed by atoms with Crippen LogP contribution in [-0.4, -0.2) is 29.2 Å². The van der Waals surface area contributed by atoms with Gasteiger partial charge in [-0.05, 0) is 70.6 Å². The minimum Gasteiger partial charge on any atom is -0.486 e. The Morgan fingerprint density at radius 2 is 1.82 bits per heavy atom. The van der Waals surface area contributed by atoms with Gasteiger partial charge in [-0.1, -0.05) is 28.1 Å². The van der Waals surface area contributed by atoms with Crippen molar-refractivity contribution >= 4 is 82.3 Å². The molecule has 0 spiro atoms. The lowest BCUT2D eigenvalue weighted by molar-refractivity contribution is 0.0976. The molecule has 0 atom stereocenters. The lowest BCUT2D eigenvalue weighted by Gasteiger charge is -2.19. The number of anilines is 1. The topological polar surface area (TPSA) is 72.5 Å². The first-order chi connectivity index (χ1) is 16.0. The number of hydrogen-bond acceptors (Lipinski definition) is 6. The number of ether oxygens (including phenoxy) is 2. The molecule has 0 radical (unpaired) electrons. The molecule has 5 rings (SSSR count). The Balaban J connectivity index is 1.40. The fourth-order valence-corrected chi connectivity index (χ4v) is 5.87. The Bertz CT molecular complexity index is 1370. The van der Waals surface area contributed by atoms with Crippen LogP contribution < -0.4 is 20.1 Å². The normalized spacial score (nSPS) is 12.4. The zero-order valence-corrected chi connectivity index (χ0v) is 21.7. The summed E-state index contributed by atoms with van der Waals surface area (Å²) in [6.45, 7) is 0.940. The Morgan fingerprint density at radius 3 is 2.64 bits per heavy atom. The van der Waals surface area contributed by atoms with Crippen molar-refractivity contribution in [1.82, 2.24) is 10.3 Å². The standard InChI is InChI=1S/C23H15Br2N3O3S2/c24-13-10-14(22-26-16-3-1-2-4-19(16)33-22)20(15(25)11-13)27-23(32)28-21(29)12-5-6-17-18(9-12)31-8-7-30-17/h1-6,9-11H,7-8H2,(H2,27,28,29,32). The van der Waals surface area contributed by atoms with Gasteiger partial charge in [0.1, 0.15) is 18.2 Å². The minimum absolute atomic E-state index is 0.167. The van der Waals surface area contributed by atoms with Gasteiger partial charge in [-0.25, -0.2) is 4.98 Å². The summed E-state index contributed by atoms with van der Waals surface area (Å²) in [6.07, 6.45) is 0. The lowest BCUT2D eigenvalue weighted by atomic mass is 10.1. The number of thiocarbonyl (C=S) groups is 1. The summed E-state index contributed by atoms with van der Waals surface area (Å²) in [6, 6.07) is 16.9. The Labute approximate surface area is 215 Å². The van der Waals surface area contributed by atoms with E-state index in [2.05, 4.69) is 42.5 Å². The highest BCUT2D eigenvalue weighted by Crippen LogP contribution is 2.40. The number of halogens is 2. The molecule has 166 valence electrons. The smallest absolute Gasteiger partial charge is 0.257 e. The number of fused-ring (bicyclic) bond motifs is 2. The molecule has 33 heavy (non-hydrogen) atoms. The van der Waals surface area contributed by atoms with Crippen LogP contribution in [0.4, 0.5) is 5.69 Å². The summed E-state index contributed by atoms with van der Waals surface area (Å²) in [5.41, 5.74) is 2.91. The quantitative estimate of drug-likeness (QED) is 0.264. The number of para-hydroxylation sites is 1. The fraction of sp³-hybridized carbons (Fsp3) is 0.0870. The van der Waals surface area contributed by atoms with Crippen molar-refractivity contribution in [1.29, 1.82) is 0 Å². The van der Waals surface area contributed by atoms with Gasteiger partial charge in [-0.15, -0.1) is 11.3 Å². The van der Waals surface area contributed by atoms with E-state index < -0.39 is 0 Å². The maximum absolute atomic E-state index is 12.8. The molecule has 1 amide bonds. The van der Waals surface area contributed by atoms with Crippen molar-refractivity contribution in [3.8, 4) is 22.1 Å². The van der Waals surface area contributed by atoms with E-state index in [0.717, 1.165) is 29.7 Å². The number of carbonyl (C=O) groups is 1. The first-order valence-electron chi connectivity index (χ1n) is 9.85. The summed E-state index contributed by atoms with van der Waals surface area (Å²) in [5.74, 6) is 0.818. The van der Waals surface area contributed by atoms with Gasteiger partial charge in [0.05, 0.1) is 15.9 Å². The molecule has 0 bridgehead atoms. The average Bonchev–Trinajstić information content (AvgIpc) is 3.24. The first kappa shape index (κ1) is 22.3. The molecule has 2 heterocycles. The molecule has 3 aromatic carbocycles. The third-order valence-electron chi connectivity index (χ3n) is 4.85. The van der Waals surface area contributed by atoms with Gasteiger partial charge in [0.2, 0.25) is 0 Å². The maximum atomic E-state index is 12.8. The molecule has 1 aliphatic heterocycles. The summed E-state index contributed by atoms with van der Waals surface area (Å²) < 4.78 is 13.8. The molecule has 0 unspecified atom stereocenters. The van der Waals surface area contributed by atoms with Crippen molar-refractivity contribution in [2.24, 2.45) is 0 Å². The van der Waals surface area contributed by atoms with E-state index in [1.807, 2.05) is 36.4 Å². The summed E-state index contributed by atoms with van der Waals surface area (Å²) in [5, 5.41) is 6.89. The second-order valence-electron chi connectivity index (χ2n) is 7.06. The van der Waals surface area contributed by atoms with Crippen molar-refractivity contribution < 1.29 is 14.3 Å². The van der Waals surface area contributed by atoms with Gasteiger partial charge >= 0.3 is 0 Å². The molecule has 0 saturated carbocycles. The number of rotatable bonds is 3. The molecule has 6 nitrogen and oxygen atoms in total. The van der Waals surface area contributed by atoms with Crippen LogP contribution in [0.3, 0.4) is 0 Å². The van der Waals surface area contributed by atoms with E-state index in [1.54, 1.807) is 29.5 Å². The highest BCUT2D eigenvalue weighted by molar-refractivity contribution is 9.11. The first-order valence-corrected chi connectivity index (χ1v) is 12.7. The molecule has 0 fully saturated rings. The molecule has 0 saturated heterocycles. The van der Waals surface area contributed by atoms with E-state index in [-0.39, 0.29) is 11.0 Å². The molecule has 10 heteroatoms. The summed E-state index contributed by atoms with van der Waals surface area (Å²) >= 11 is 14.2. The van der Waals surface area contributed by atoms with E-state index in [1.165, 1.54) is 0 Å². The maximum Gasteiger partial charge on any atom is 0.257 e. The van der Waals surface area contributed by atoms with Gasteiger partial charge < -0.3 is 14.8 Å². The van der Waals surface area contributed by atoms with Gasteiger partial charge in [0.15, 0.2) is 16.6 Å². The summed E-state index contributed by atoms with van der Waals surface area (Å²) in [7, 11) is 0. The van der Waals surface area contributed by atoms with Crippen LogP contribution in [0.25, 0.3) is 20.8 Å². The van der Waals surface area contributed by atoms with E-state index in [0.29, 0.717) is 36.0 Å². The summed E-state index contributed by atoms with van der Waals surface area (Å²) in [4.78, 5) is 17.5. The Hall–Kier alpha value is -2.53. The SMILES string of the molecule is O=C(NC(=S)Nc1c(Br)cc(Br)cc1-c1nc2ccccc2s1)c1ccc2c(c1)OCCO2. The highest BCUT2D eigenvalue weighted by atomic mass is 79.9. The second kappa shape index (κ2) is 9.38. The molecule has 4 aromatic rings. The predicted octanol–water partition coefficient (Wildman–Crippen LogP) is 6.39. The molecular formula is C23H15Br2N3O3S2. The van der Waals surface area contributed by atoms with Crippen molar-refractivity contribution in [2.75, 3.05) is 18.5 Å². The van der Waals surface area contributed by atoms with E-state index >= 15 is 0 Å². The number of nitrogens with one attached hydrogen (secondary N) is 2. The van der Waals surface area contributed by atoms with E-state index in [4.69, 9.17) is 26.7 Å². The third kappa shape index (κ3) is 4.74. The highest BCUT2D eigenvalue weighted by Gasteiger charge is 2.18.